The standard InChI is InChI=1S/C11H11NO/c1-7-5-9-8(2)3-4-10(13)11(9)12-6-7/h3-6,13H,1-2H3. The van der Waals surface area contributed by atoms with Crippen molar-refractivity contribution in [3.8, 4) is 5.75 Å². The Balaban J connectivity index is 2.92. The molecule has 1 aromatic carbocycles. The number of aryl methyl sites for hydroxylation is 2. The largest absolute Gasteiger partial charge is 0.506 e. The van der Waals surface area contributed by atoms with Crippen LogP contribution in [0.1, 0.15) is 11.1 Å². The summed E-state index contributed by atoms with van der Waals surface area (Å²) in [5, 5.41) is 10.6. The SMILES string of the molecule is Cc1cnc2c(O)ccc(C)c2c1. The Kier molecular flexibility index (Phi) is 1.69. The van der Waals surface area contributed by atoms with E-state index in [-0.39, 0.29) is 5.75 Å². The van der Waals surface area contributed by atoms with Crippen molar-refractivity contribution in [2.24, 2.45) is 0 Å². The molecule has 0 saturated carbocycles. The van der Waals surface area contributed by atoms with E-state index in [2.05, 4.69) is 4.98 Å². The smallest absolute Gasteiger partial charge is 0.141 e. The summed E-state index contributed by atoms with van der Waals surface area (Å²) in [6.45, 7) is 4.01. The number of fused-ring (bicyclic) bond motifs is 1. The van der Waals surface area contributed by atoms with Crippen molar-refractivity contribution in [3.63, 3.8) is 0 Å². The zero-order valence-electron chi connectivity index (χ0n) is 7.70. The van der Waals surface area contributed by atoms with Crippen LogP contribution in [0.3, 0.4) is 0 Å². The molecule has 0 atom stereocenters. The number of hydrogen-bond acceptors (Lipinski definition) is 2. The van der Waals surface area contributed by atoms with Gasteiger partial charge in [-0.1, -0.05) is 6.07 Å². The van der Waals surface area contributed by atoms with Gasteiger partial charge in [0, 0.05) is 11.6 Å². The van der Waals surface area contributed by atoms with Gasteiger partial charge in [0.1, 0.15) is 11.3 Å². The van der Waals surface area contributed by atoms with Crippen LogP contribution in [0.5, 0.6) is 5.75 Å². The predicted molar refractivity (Wildman–Crippen MR) is 52.9 cm³/mol. The number of nitrogens with zero attached hydrogens (tertiary/aromatic N) is 1. The topological polar surface area (TPSA) is 33.1 Å². The summed E-state index contributed by atoms with van der Waals surface area (Å²) in [6, 6.07) is 5.62. The highest BCUT2D eigenvalue weighted by Gasteiger charge is 2.02. The first-order chi connectivity index (χ1) is 6.18. The highest BCUT2D eigenvalue weighted by Crippen LogP contribution is 2.25. The van der Waals surface area contributed by atoms with Crippen LogP contribution in [-0.4, -0.2) is 10.1 Å². The van der Waals surface area contributed by atoms with Gasteiger partial charge in [-0.25, -0.2) is 0 Å². The van der Waals surface area contributed by atoms with E-state index in [1.165, 1.54) is 0 Å². The van der Waals surface area contributed by atoms with Gasteiger partial charge < -0.3 is 5.11 Å². The molecule has 0 fully saturated rings. The molecule has 2 rings (SSSR count). The fourth-order valence-electron chi connectivity index (χ4n) is 1.45. The Morgan fingerprint density at radius 2 is 2.00 bits per heavy atom. The molecule has 0 amide bonds. The summed E-state index contributed by atoms with van der Waals surface area (Å²) in [7, 11) is 0. The molecule has 2 nitrogen and oxygen atoms in total. The maximum atomic E-state index is 9.52. The van der Waals surface area contributed by atoms with E-state index in [1.807, 2.05) is 26.0 Å². The fraction of sp³-hybridized carbons (Fsp3) is 0.182. The van der Waals surface area contributed by atoms with Crippen molar-refractivity contribution in [2.75, 3.05) is 0 Å². The van der Waals surface area contributed by atoms with Crippen LogP contribution in [0.4, 0.5) is 0 Å². The van der Waals surface area contributed by atoms with Crippen LogP contribution < -0.4 is 0 Å². The number of aromatic hydroxyl groups is 1. The summed E-state index contributed by atoms with van der Waals surface area (Å²) in [6.07, 6.45) is 1.77. The molecule has 0 bridgehead atoms. The van der Waals surface area contributed by atoms with E-state index < -0.39 is 0 Å². The molecule has 0 spiro atoms. The maximum absolute atomic E-state index is 9.52. The van der Waals surface area contributed by atoms with Crippen molar-refractivity contribution in [1.29, 1.82) is 0 Å². The molecule has 1 aromatic heterocycles. The predicted octanol–water partition coefficient (Wildman–Crippen LogP) is 2.56. The van der Waals surface area contributed by atoms with Crippen molar-refractivity contribution >= 4 is 10.9 Å². The minimum absolute atomic E-state index is 0.251. The number of phenols is 1. The molecule has 0 radical (unpaired) electrons. The van der Waals surface area contributed by atoms with Crippen LogP contribution in [-0.2, 0) is 0 Å². The zero-order chi connectivity index (χ0) is 9.42. The van der Waals surface area contributed by atoms with Crippen molar-refractivity contribution in [2.45, 2.75) is 13.8 Å². The summed E-state index contributed by atoms with van der Waals surface area (Å²) in [4.78, 5) is 4.19. The van der Waals surface area contributed by atoms with Gasteiger partial charge in [-0.05, 0) is 37.1 Å². The number of rotatable bonds is 0. The Morgan fingerprint density at radius 1 is 1.23 bits per heavy atom. The lowest BCUT2D eigenvalue weighted by molar-refractivity contribution is 0.480. The quantitative estimate of drug-likeness (QED) is 0.664. The van der Waals surface area contributed by atoms with Crippen LogP contribution >= 0.6 is 0 Å². The van der Waals surface area contributed by atoms with E-state index in [9.17, 15) is 5.11 Å². The average molecular weight is 173 g/mol. The molecule has 1 heterocycles. The Labute approximate surface area is 76.9 Å². The molecule has 0 unspecified atom stereocenters. The van der Waals surface area contributed by atoms with Gasteiger partial charge in [-0.2, -0.15) is 0 Å². The average Bonchev–Trinajstić information content (AvgIpc) is 2.12. The fourth-order valence-corrected chi connectivity index (χ4v) is 1.45. The normalized spacial score (nSPS) is 10.6. The van der Waals surface area contributed by atoms with E-state index in [0.29, 0.717) is 5.52 Å². The number of phenolic OH excluding ortho intramolecular Hbond substituents is 1. The van der Waals surface area contributed by atoms with Crippen molar-refractivity contribution < 1.29 is 5.11 Å². The van der Waals surface area contributed by atoms with Crippen molar-refractivity contribution in [1.82, 2.24) is 4.98 Å². The third-order valence-electron chi connectivity index (χ3n) is 2.18. The second-order valence-electron chi connectivity index (χ2n) is 3.31. The first-order valence-corrected chi connectivity index (χ1v) is 4.23. The van der Waals surface area contributed by atoms with Gasteiger partial charge in [0.15, 0.2) is 0 Å². The van der Waals surface area contributed by atoms with Crippen LogP contribution in [0, 0.1) is 13.8 Å². The molecule has 1 N–H and O–H groups in total. The molecule has 0 aliphatic rings. The number of hydrogen-bond donors (Lipinski definition) is 1. The molecule has 13 heavy (non-hydrogen) atoms. The minimum atomic E-state index is 0.251. The van der Waals surface area contributed by atoms with Gasteiger partial charge in [0.05, 0.1) is 0 Å². The summed E-state index contributed by atoms with van der Waals surface area (Å²) in [5.74, 6) is 0.251. The van der Waals surface area contributed by atoms with E-state index in [1.54, 1.807) is 12.3 Å². The van der Waals surface area contributed by atoms with Gasteiger partial charge in [-0.3, -0.25) is 4.98 Å². The Bertz CT molecular complexity index is 463. The molecule has 0 aliphatic carbocycles. The Morgan fingerprint density at radius 3 is 2.77 bits per heavy atom. The second kappa shape index (κ2) is 2.73. The van der Waals surface area contributed by atoms with Gasteiger partial charge in [-0.15, -0.1) is 0 Å². The second-order valence-corrected chi connectivity index (χ2v) is 3.31. The first kappa shape index (κ1) is 8.05. The summed E-state index contributed by atoms with van der Waals surface area (Å²) in [5.41, 5.74) is 2.94. The number of aromatic nitrogens is 1. The van der Waals surface area contributed by atoms with E-state index >= 15 is 0 Å². The van der Waals surface area contributed by atoms with Gasteiger partial charge in [0.25, 0.3) is 0 Å². The minimum Gasteiger partial charge on any atom is -0.506 e. The lowest BCUT2D eigenvalue weighted by Gasteiger charge is -2.03. The Hall–Kier alpha value is -1.57. The van der Waals surface area contributed by atoms with Crippen LogP contribution in [0.15, 0.2) is 24.4 Å². The number of benzene rings is 1. The molecular weight excluding hydrogens is 162 g/mol. The third kappa shape index (κ3) is 1.24. The molecular formula is C11H11NO. The van der Waals surface area contributed by atoms with Crippen molar-refractivity contribution in [3.05, 3.63) is 35.5 Å². The summed E-state index contributed by atoms with van der Waals surface area (Å²) >= 11 is 0. The van der Waals surface area contributed by atoms with Gasteiger partial charge in [0.2, 0.25) is 0 Å². The lowest BCUT2D eigenvalue weighted by atomic mass is 10.1. The number of pyridine rings is 1. The molecule has 0 aliphatic heterocycles. The van der Waals surface area contributed by atoms with E-state index in [4.69, 9.17) is 0 Å². The van der Waals surface area contributed by atoms with Gasteiger partial charge >= 0.3 is 0 Å². The summed E-state index contributed by atoms with van der Waals surface area (Å²) < 4.78 is 0. The zero-order valence-corrected chi connectivity index (χ0v) is 7.70. The maximum Gasteiger partial charge on any atom is 0.141 e. The molecule has 2 aromatic rings. The molecule has 2 heteroatoms. The highest BCUT2D eigenvalue weighted by molar-refractivity contribution is 5.87. The molecule has 66 valence electrons. The monoisotopic (exact) mass is 173 g/mol. The first-order valence-electron chi connectivity index (χ1n) is 4.23. The highest BCUT2D eigenvalue weighted by atomic mass is 16.3. The molecule has 0 saturated heterocycles. The third-order valence-corrected chi connectivity index (χ3v) is 2.18. The lowest BCUT2D eigenvalue weighted by Crippen LogP contribution is -1.84. The van der Waals surface area contributed by atoms with E-state index in [0.717, 1.165) is 16.5 Å². The van der Waals surface area contributed by atoms with Crippen LogP contribution in [0.25, 0.3) is 10.9 Å². The van der Waals surface area contributed by atoms with Crippen LogP contribution in [0.2, 0.25) is 0 Å².